The standard InChI is InChI=1S/C41H53FN4O10S/c1-2-55-37-18-34(28-5-7-30(42)8-6-28)33(27-3-4-27)17-29(37)23-44-15-13-41(14-16-44)25-46(40(52)56-41)31-9-11-32(12-10-31)57(53,54)45-21-26(22-45)19-43-20-35(48)38(50)39(51)36(49)24-47/h5-12,17-18,26-27,35-36,38-39,43,47-51H,2-4,13-16,19-25H2,1H3/t35-,36+,38+,39+/m0/s1. The molecule has 57 heavy (non-hydrogen) atoms. The average Bonchev–Trinajstić information content (AvgIpc) is 3.99. The number of anilines is 1. The van der Waals surface area contributed by atoms with Crippen LogP contribution < -0.4 is 15.0 Å². The summed E-state index contributed by atoms with van der Waals surface area (Å²) in [5.41, 5.74) is 4.33. The summed E-state index contributed by atoms with van der Waals surface area (Å²) >= 11 is 0. The zero-order valence-electron chi connectivity index (χ0n) is 32.0. The number of benzene rings is 3. The molecule has 4 atom stereocenters. The van der Waals surface area contributed by atoms with E-state index in [-0.39, 0.29) is 36.3 Å². The maximum atomic E-state index is 13.7. The lowest BCUT2D eigenvalue weighted by molar-refractivity contribution is -0.114. The number of nitrogens with one attached hydrogen (secondary N) is 1. The SMILES string of the molecule is CCOc1cc(-c2ccc(F)cc2)c(C2CC2)cc1CN1CCC2(CC1)CN(c1ccc(S(=O)(=O)N3CC(CNC[C@H](O)[C@@H](O)[C@H](O)[C@H](O)CO)C3)cc1)C(=O)O2. The minimum absolute atomic E-state index is 0.0429. The number of aliphatic hydroxyl groups excluding tert-OH is 5. The topological polar surface area (TPSA) is 193 Å². The van der Waals surface area contributed by atoms with Gasteiger partial charge in [-0.1, -0.05) is 12.1 Å². The van der Waals surface area contributed by atoms with Gasteiger partial charge in [-0.25, -0.2) is 17.6 Å². The van der Waals surface area contributed by atoms with Crippen LogP contribution in [-0.2, 0) is 21.3 Å². The fraction of sp³-hybridized carbons (Fsp3) is 0.537. The first-order chi connectivity index (χ1) is 27.3. The van der Waals surface area contributed by atoms with Crippen LogP contribution in [0.1, 0.15) is 49.7 Å². The van der Waals surface area contributed by atoms with Gasteiger partial charge in [-0.2, -0.15) is 4.31 Å². The summed E-state index contributed by atoms with van der Waals surface area (Å²) in [5, 5.41) is 51.2. The van der Waals surface area contributed by atoms with Gasteiger partial charge in [0, 0.05) is 69.9 Å². The second kappa shape index (κ2) is 17.3. The number of hydrogen-bond donors (Lipinski definition) is 6. The van der Waals surface area contributed by atoms with Crippen molar-refractivity contribution in [2.45, 2.75) is 80.0 Å². The van der Waals surface area contributed by atoms with Crippen LogP contribution in [-0.4, -0.2) is 138 Å². The Labute approximate surface area is 332 Å². The summed E-state index contributed by atoms with van der Waals surface area (Å²) in [6, 6.07) is 17.2. The average molecular weight is 813 g/mol. The van der Waals surface area contributed by atoms with E-state index in [0.29, 0.717) is 50.7 Å². The first kappa shape index (κ1) is 41.4. The van der Waals surface area contributed by atoms with Crippen molar-refractivity contribution in [3.05, 3.63) is 77.6 Å². The summed E-state index contributed by atoms with van der Waals surface area (Å²) in [6.45, 7) is 4.94. The van der Waals surface area contributed by atoms with Gasteiger partial charge >= 0.3 is 6.09 Å². The molecule has 0 aromatic heterocycles. The van der Waals surface area contributed by atoms with E-state index in [1.54, 1.807) is 17.0 Å². The second-order valence-electron chi connectivity index (χ2n) is 15.8. The fourth-order valence-corrected chi connectivity index (χ4v) is 9.62. The van der Waals surface area contributed by atoms with Crippen molar-refractivity contribution in [3.63, 3.8) is 0 Å². The van der Waals surface area contributed by atoms with Gasteiger partial charge in [0.2, 0.25) is 10.0 Å². The van der Waals surface area contributed by atoms with Gasteiger partial charge in [0.1, 0.15) is 35.5 Å². The molecule has 16 heteroatoms. The van der Waals surface area contributed by atoms with Crippen LogP contribution >= 0.6 is 0 Å². The van der Waals surface area contributed by atoms with Crippen LogP contribution in [0.5, 0.6) is 5.75 Å². The zero-order valence-corrected chi connectivity index (χ0v) is 32.9. The molecule has 1 amide bonds. The van der Waals surface area contributed by atoms with Crippen LogP contribution in [0.25, 0.3) is 11.1 Å². The molecule has 1 saturated carbocycles. The molecule has 4 aliphatic rings. The minimum atomic E-state index is -3.79. The summed E-state index contributed by atoms with van der Waals surface area (Å²) in [7, 11) is -3.79. The third kappa shape index (κ3) is 9.14. The number of aliphatic hydroxyl groups is 5. The second-order valence-corrected chi connectivity index (χ2v) is 17.8. The van der Waals surface area contributed by atoms with Crippen LogP contribution in [0.15, 0.2) is 65.6 Å². The van der Waals surface area contributed by atoms with Crippen LogP contribution in [0.4, 0.5) is 14.9 Å². The molecule has 0 unspecified atom stereocenters. The monoisotopic (exact) mass is 812 g/mol. The lowest BCUT2D eigenvalue weighted by atomic mass is 9.90. The van der Waals surface area contributed by atoms with Crippen molar-refractivity contribution in [2.24, 2.45) is 5.92 Å². The Morgan fingerprint density at radius 1 is 0.965 bits per heavy atom. The molecule has 3 saturated heterocycles. The molecule has 1 aliphatic carbocycles. The van der Waals surface area contributed by atoms with Crippen molar-refractivity contribution in [3.8, 4) is 16.9 Å². The smallest absolute Gasteiger partial charge is 0.415 e. The van der Waals surface area contributed by atoms with E-state index < -0.39 is 52.7 Å². The van der Waals surface area contributed by atoms with Crippen LogP contribution in [0, 0.1) is 11.7 Å². The Hall–Kier alpha value is -3.71. The fourth-order valence-electron chi connectivity index (χ4n) is 8.02. The van der Waals surface area contributed by atoms with E-state index in [4.69, 9.17) is 14.6 Å². The number of nitrogens with zero attached hydrogens (tertiary/aromatic N) is 3. The van der Waals surface area contributed by atoms with Crippen molar-refractivity contribution in [1.29, 1.82) is 0 Å². The number of carbonyl (C=O) groups is 1. The number of sulfonamides is 1. The van der Waals surface area contributed by atoms with Gasteiger partial charge in [0.15, 0.2) is 0 Å². The lowest BCUT2D eigenvalue weighted by Crippen LogP contribution is -2.54. The van der Waals surface area contributed by atoms with E-state index in [0.717, 1.165) is 48.4 Å². The van der Waals surface area contributed by atoms with E-state index in [9.17, 15) is 38.0 Å². The molecular weight excluding hydrogens is 760 g/mol. The summed E-state index contributed by atoms with van der Waals surface area (Å²) in [5.74, 6) is 0.991. The number of likely N-dealkylation sites (tertiary alicyclic amines) is 1. The maximum Gasteiger partial charge on any atom is 0.415 e. The Morgan fingerprint density at radius 3 is 2.26 bits per heavy atom. The van der Waals surface area contributed by atoms with Gasteiger partial charge in [-0.15, -0.1) is 0 Å². The van der Waals surface area contributed by atoms with E-state index in [2.05, 4.69) is 22.3 Å². The van der Waals surface area contributed by atoms with E-state index >= 15 is 0 Å². The number of ether oxygens (including phenoxy) is 2. The molecule has 6 N–H and O–H groups in total. The molecule has 3 aliphatic heterocycles. The molecule has 14 nitrogen and oxygen atoms in total. The molecule has 7 rings (SSSR count). The van der Waals surface area contributed by atoms with E-state index in [1.165, 1.54) is 34.1 Å². The highest BCUT2D eigenvalue weighted by molar-refractivity contribution is 7.89. The summed E-state index contributed by atoms with van der Waals surface area (Å²) < 4.78 is 53.9. The number of piperidine rings is 1. The Kier molecular flexibility index (Phi) is 12.5. The zero-order chi connectivity index (χ0) is 40.5. The maximum absolute atomic E-state index is 13.7. The first-order valence-corrected chi connectivity index (χ1v) is 21.2. The quantitative estimate of drug-likeness (QED) is 0.117. The molecular formula is C41H53FN4O10S. The van der Waals surface area contributed by atoms with Gasteiger partial charge in [0.25, 0.3) is 0 Å². The highest BCUT2D eigenvalue weighted by Crippen LogP contribution is 2.47. The van der Waals surface area contributed by atoms with Gasteiger partial charge in [0.05, 0.1) is 30.8 Å². The third-order valence-corrected chi connectivity index (χ3v) is 13.5. The number of halogens is 1. The highest BCUT2D eigenvalue weighted by Gasteiger charge is 2.48. The Balaban J connectivity index is 0.912. The molecule has 0 bridgehead atoms. The van der Waals surface area contributed by atoms with Gasteiger partial charge < -0.3 is 40.3 Å². The third-order valence-electron chi connectivity index (χ3n) is 11.7. The van der Waals surface area contributed by atoms with Crippen LogP contribution in [0.3, 0.4) is 0 Å². The molecule has 310 valence electrons. The van der Waals surface area contributed by atoms with Crippen molar-refractivity contribution >= 4 is 21.8 Å². The van der Waals surface area contributed by atoms with E-state index in [1.807, 2.05) is 19.1 Å². The van der Waals surface area contributed by atoms with Gasteiger partial charge in [-0.05, 0) is 96.8 Å². The number of hydrogen-bond acceptors (Lipinski definition) is 12. The van der Waals surface area contributed by atoms with Crippen molar-refractivity contribution < 1.29 is 52.6 Å². The molecule has 4 fully saturated rings. The highest BCUT2D eigenvalue weighted by atomic mass is 32.2. The number of amides is 1. The number of carbonyl (C=O) groups excluding carboxylic acids is 1. The van der Waals surface area contributed by atoms with Gasteiger partial charge in [-0.3, -0.25) is 9.80 Å². The molecule has 0 radical (unpaired) electrons. The molecule has 3 aromatic carbocycles. The predicted octanol–water partition coefficient (Wildman–Crippen LogP) is 2.41. The normalized spacial score (nSPS) is 21.2. The summed E-state index contributed by atoms with van der Waals surface area (Å²) in [4.78, 5) is 17.2. The van der Waals surface area contributed by atoms with Crippen LogP contribution in [0.2, 0.25) is 0 Å². The Bertz CT molecular complexity index is 1970. The predicted molar refractivity (Wildman–Crippen MR) is 209 cm³/mol. The minimum Gasteiger partial charge on any atom is -0.494 e. The van der Waals surface area contributed by atoms with Crippen molar-refractivity contribution in [2.75, 3.05) is 63.9 Å². The number of rotatable bonds is 17. The van der Waals surface area contributed by atoms with Crippen molar-refractivity contribution in [1.82, 2.24) is 14.5 Å². The largest absolute Gasteiger partial charge is 0.494 e. The lowest BCUT2D eigenvalue weighted by Gasteiger charge is -2.38. The summed E-state index contributed by atoms with van der Waals surface area (Å²) in [6.07, 6.45) is -3.30. The first-order valence-electron chi connectivity index (χ1n) is 19.7. The molecule has 1 spiro atoms. The molecule has 3 heterocycles. The molecule has 3 aromatic rings. The Morgan fingerprint density at radius 2 is 1.63 bits per heavy atom.